The van der Waals surface area contributed by atoms with E-state index in [1.165, 1.54) is 0 Å². The molecule has 2 nitrogen and oxygen atoms in total. The summed E-state index contributed by atoms with van der Waals surface area (Å²) in [6, 6.07) is 9.74. The molecule has 0 heterocycles. The monoisotopic (exact) mass is 213 g/mol. The summed E-state index contributed by atoms with van der Waals surface area (Å²) in [7, 11) is 0. The summed E-state index contributed by atoms with van der Waals surface area (Å²) in [6.07, 6.45) is 1.50. The van der Waals surface area contributed by atoms with Gasteiger partial charge in [0.25, 0.3) is 0 Å². The smallest absolute Gasteiger partial charge is 0.139 e. The highest BCUT2D eigenvalue weighted by Gasteiger charge is 2.39. The second kappa shape index (κ2) is 3.75. The molecule has 1 aliphatic carbocycles. The van der Waals surface area contributed by atoms with Gasteiger partial charge in [0.15, 0.2) is 0 Å². The van der Waals surface area contributed by atoms with Crippen LogP contribution in [-0.2, 0) is 4.79 Å². The van der Waals surface area contributed by atoms with Gasteiger partial charge >= 0.3 is 0 Å². The molecule has 1 aliphatic rings. The molecule has 2 heteroatoms. The molecule has 1 fully saturated rings. The first-order valence-electron chi connectivity index (χ1n) is 5.56. The number of ketones is 1. The van der Waals surface area contributed by atoms with E-state index < -0.39 is 0 Å². The molecule has 1 unspecified atom stereocenters. The molecule has 2 rings (SSSR count). The van der Waals surface area contributed by atoms with E-state index in [1.807, 2.05) is 32.0 Å². The maximum absolute atomic E-state index is 11.8. The van der Waals surface area contributed by atoms with E-state index in [9.17, 15) is 4.79 Å². The normalized spacial score (nSPS) is 23.1. The predicted molar refractivity (Wildman–Crippen MR) is 61.9 cm³/mol. The molecule has 16 heavy (non-hydrogen) atoms. The summed E-state index contributed by atoms with van der Waals surface area (Å²) >= 11 is 0. The van der Waals surface area contributed by atoms with Gasteiger partial charge in [-0.2, -0.15) is 5.26 Å². The average molecular weight is 213 g/mol. The Bertz CT molecular complexity index is 468. The number of Topliss-reactive ketones (excluding diaryl/α,β-unsaturated/α-hetero) is 1. The van der Waals surface area contributed by atoms with Crippen molar-refractivity contribution in [2.45, 2.75) is 32.6 Å². The molecule has 0 amide bonds. The van der Waals surface area contributed by atoms with Crippen LogP contribution in [0, 0.1) is 16.7 Å². The Hall–Kier alpha value is -1.62. The number of nitrogens with zero attached hydrogens (tertiary/aromatic N) is 1. The Kier molecular flexibility index (Phi) is 2.55. The van der Waals surface area contributed by atoms with Crippen molar-refractivity contribution in [2.75, 3.05) is 0 Å². The third-order valence-corrected chi connectivity index (χ3v) is 3.43. The van der Waals surface area contributed by atoms with Crippen LogP contribution < -0.4 is 0 Å². The van der Waals surface area contributed by atoms with Crippen molar-refractivity contribution in [1.82, 2.24) is 0 Å². The van der Waals surface area contributed by atoms with Crippen molar-refractivity contribution in [1.29, 1.82) is 5.26 Å². The molecule has 0 bridgehead atoms. The lowest BCUT2D eigenvalue weighted by Gasteiger charge is -2.15. The SMILES string of the molecule is CC1(C)CC(c2cccc(C#N)c2)CC1=O. The number of benzene rings is 1. The minimum Gasteiger partial charge on any atom is -0.299 e. The third kappa shape index (κ3) is 1.86. The lowest BCUT2D eigenvalue weighted by atomic mass is 9.88. The van der Waals surface area contributed by atoms with Gasteiger partial charge in [-0.3, -0.25) is 4.79 Å². The molecular formula is C14H15NO. The second-order valence-corrected chi connectivity index (χ2v) is 5.15. The Labute approximate surface area is 95.9 Å². The first kappa shape index (κ1) is 10.9. The second-order valence-electron chi connectivity index (χ2n) is 5.15. The van der Waals surface area contributed by atoms with Gasteiger partial charge in [-0.1, -0.05) is 26.0 Å². The van der Waals surface area contributed by atoms with Crippen LogP contribution in [0.5, 0.6) is 0 Å². The van der Waals surface area contributed by atoms with Crippen LogP contribution in [0.2, 0.25) is 0 Å². The van der Waals surface area contributed by atoms with Crippen LogP contribution in [0.15, 0.2) is 24.3 Å². The van der Waals surface area contributed by atoms with Crippen LogP contribution in [-0.4, -0.2) is 5.78 Å². The quantitative estimate of drug-likeness (QED) is 0.719. The van der Waals surface area contributed by atoms with Gasteiger partial charge in [-0.15, -0.1) is 0 Å². The highest BCUT2D eigenvalue weighted by atomic mass is 16.1. The zero-order valence-electron chi connectivity index (χ0n) is 9.66. The summed E-state index contributed by atoms with van der Waals surface area (Å²) in [6.45, 7) is 4.01. The molecule has 1 saturated carbocycles. The van der Waals surface area contributed by atoms with E-state index in [-0.39, 0.29) is 11.3 Å². The highest BCUT2D eigenvalue weighted by molar-refractivity contribution is 5.87. The summed E-state index contributed by atoms with van der Waals surface area (Å²) < 4.78 is 0. The molecule has 0 aromatic heterocycles. The fourth-order valence-electron chi connectivity index (χ4n) is 2.40. The van der Waals surface area contributed by atoms with Crippen LogP contribution in [0.1, 0.15) is 43.7 Å². The standard InChI is InChI=1S/C14H15NO/c1-14(2)8-12(7-13(14)16)11-5-3-4-10(6-11)9-15/h3-6,12H,7-8H2,1-2H3. The lowest BCUT2D eigenvalue weighted by molar-refractivity contribution is -0.124. The van der Waals surface area contributed by atoms with Gasteiger partial charge in [-0.05, 0) is 30.0 Å². The molecule has 1 aromatic rings. The van der Waals surface area contributed by atoms with Crippen molar-refractivity contribution in [2.24, 2.45) is 5.41 Å². The fourth-order valence-corrected chi connectivity index (χ4v) is 2.40. The summed E-state index contributed by atoms with van der Waals surface area (Å²) in [4.78, 5) is 11.8. The number of rotatable bonds is 1. The minimum atomic E-state index is -0.201. The molecule has 1 aromatic carbocycles. The van der Waals surface area contributed by atoms with Crippen molar-refractivity contribution >= 4 is 5.78 Å². The summed E-state index contributed by atoms with van der Waals surface area (Å²) in [5.41, 5.74) is 1.60. The molecule has 0 saturated heterocycles. The van der Waals surface area contributed by atoms with Crippen LogP contribution in [0.3, 0.4) is 0 Å². The van der Waals surface area contributed by atoms with Gasteiger partial charge in [0.05, 0.1) is 11.6 Å². The van der Waals surface area contributed by atoms with Gasteiger partial charge in [-0.25, -0.2) is 0 Å². The molecule has 0 radical (unpaired) electrons. The van der Waals surface area contributed by atoms with E-state index in [1.54, 1.807) is 6.07 Å². The van der Waals surface area contributed by atoms with Gasteiger partial charge in [0.1, 0.15) is 5.78 Å². The maximum atomic E-state index is 11.8. The van der Waals surface area contributed by atoms with Crippen molar-refractivity contribution < 1.29 is 4.79 Å². The van der Waals surface area contributed by atoms with Crippen molar-refractivity contribution in [3.8, 4) is 6.07 Å². The van der Waals surface area contributed by atoms with Gasteiger partial charge in [0, 0.05) is 11.8 Å². The van der Waals surface area contributed by atoms with E-state index in [2.05, 4.69) is 6.07 Å². The maximum Gasteiger partial charge on any atom is 0.139 e. The Morgan fingerprint density at radius 3 is 2.75 bits per heavy atom. The first-order chi connectivity index (χ1) is 7.53. The van der Waals surface area contributed by atoms with E-state index >= 15 is 0 Å². The lowest BCUT2D eigenvalue weighted by Crippen LogP contribution is -2.15. The van der Waals surface area contributed by atoms with Gasteiger partial charge < -0.3 is 0 Å². The Morgan fingerprint density at radius 2 is 2.19 bits per heavy atom. The number of hydrogen-bond donors (Lipinski definition) is 0. The van der Waals surface area contributed by atoms with Crippen LogP contribution >= 0.6 is 0 Å². The summed E-state index contributed by atoms with van der Waals surface area (Å²) in [5, 5.41) is 8.84. The van der Waals surface area contributed by atoms with Crippen LogP contribution in [0.4, 0.5) is 0 Å². The largest absolute Gasteiger partial charge is 0.299 e. The average Bonchev–Trinajstić information content (AvgIpc) is 2.54. The minimum absolute atomic E-state index is 0.201. The van der Waals surface area contributed by atoms with E-state index in [4.69, 9.17) is 5.26 Å². The van der Waals surface area contributed by atoms with Crippen LogP contribution in [0.25, 0.3) is 0 Å². The first-order valence-corrected chi connectivity index (χ1v) is 5.56. The Morgan fingerprint density at radius 1 is 1.44 bits per heavy atom. The number of carbonyl (C=O) groups excluding carboxylic acids is 1. The van der Waals surface area contributed by atoms with Crippen molar-refractivity contribution in [3.05, 3.63) is 35.4 Å². The molecule has 1 atom stereocenters. The molecular weight excluding hydrogens is 198 g/mol. The Balaban J connectivity index is 2.27. The van der Waals surface area contributed by atoms with Crippen molar-refractivity contribution in [3.63, 3.8) is 0 Å². The predicted octanol–water partition coefficient (Wildman–Crippen LogP) is 3.03. The zero-order chi connectivity index (χ0) is 11.8. The molecule has 0 spiro atoms. The fraction of sp³-hybridized carbons (Fsp3) is 0.429. The topological polar surface area (TPSA) is 40.9 Å². The molecule has 0 aliphatic heterocycles. The number of nitriles is 1. The van der Waals surface area contributed by atoms with E-state index in [0.717, 1.165) is 12.0 Å². The van der Waals surface area contributed by atoms with Gasteiger partial charge in [0.2, 0.25) is 0 Å². The highest BCUT2D eigenvalue weighted by Crippen LogP contribution is 2.43. The molecule has 0 N–H and O–H groups in total. The zero-order valence-corrected chi connectivity index (χ0v) is 9.66. The number of carbonyl (C=O) groups is 1. The third-order valence-electron chi connectivity index (χ3n) is 3.43. The molecule has 82 valence electrons. The van der Waals surface area contributed by atoms with E-state index in [0.29, 0.717) is 17.8 Å². The summed E-state index contributed by atoms with van der Waals surface area (Å²) in [5.74, 6) is 0.621. The number of hydrogen-bond acceptors (Lipinski definition) is 2.